The topological polar surface area (TPSA) is 43.6 Å². The zero-order valence-corrected chi connectivity index (χ0v) is 6.05. The van der Waals surface area contributed by atoms with E-state index < -0.39 is 0 Å². The van der Waals surface area contributed by atoms with E-state index in [1.807, 2.05) is 0 Å². The van der Waals surface area contributed by atoms with E-state index in [1.165, 1.54) is 0 Å². The quantitative estimate of drug-likeness (QED) is 0.618. The van der Waals surface area contributed by atoms with E-state index in [4.69, 9.17) is 0 Å². The Morgan fingerprint density at radius 2 is 2.33 bits per heavy atom. The number of H-pyrrole nitrogens is 1. The standard InChI is InChI=1S/C5H3BrN2O/c6-4-1-2-5(8-9)7-3-4/h1-3H/p+1. The Hall–Kier alpha value is -0.770. The summed E-state index contributed by atoms with van der Waals surface area (Å²) in [5.41, 5.74) is 0. The monoisotopic (exact) mass is 187 g/mol. The zero-order chi connectivity index (χ0) is 6.69. The molecule has 9 heavy (non-hydrogen) atoms. The Labute approximate surface area is 60.2 Å². The van der Waals surface area contributed by atoms with Crippen LogP contribution in [0.5, 0.6) is 0 Å². The molecule has 1 aromatic rings. The Morgan fingerprint density at radius 1 is 1.56 bits per heavy atom. The van der Waals surface area contributed by atoms with E-state index in [2.05, 4.69) is 26.1 Å². The zero-order valence-electron chi connectivity index (χ0n) is 4.47. The highest BCUT2D eigenvalue weighted by molar-refractivity contribution is 9.10. The van der Waals surface area contributed by atoms with Gasteiger partial charge in [-0.1, -0.05) is 0 Å². The van der Waals surface area contributed by atoms with Crippen LogP contribution in [-0.2, 0) is 0 Å². The minimum absolute atomic E-state index is 0.332. The number of pyridine rings is 1. The Balaban J connectivity index is 3.01. The lowest BCUT2D eigenvalue weighted by Crippen LogP contribution is -1.98. The van der Waals surface area contributed by atoms with Crippen molar-refractivity contribution in [2.45, 2.75) is 0 Å². The summed E-state index contributed by atoms with van der Waals surface area (Å²) in [5.74, 6) is 0.332. The van der Waals surface area contributed by atoms with Crippen molar-refractivity contribution in [2.24, 2.45) is 5.18 Å². The lowest BCUT2D eigenvalue weighted by atomic mass is 10.5. The molecule has 1 rings (SSSR count). The average molecular weight is 188 g/mol. The predicted molar refractivity (Wildman–Crippen MR) is 36.2 cm³/mol. The van der Waals surface area contributed by atoms with Gasteiger partial charge in [0.1, 0.15) is 6.20 Å². The van der Waals surface area contributed by atoms with Gasteiger partial charge in [0.25, 0.3) is 0 Å². The van der Waals surface area contributed by atoms with Gasteiger partial charge >= 0.3 is 5.82 Å². The highest BCUT2D eigenvalue weighted by atomic mass is 79.9. The molecule has 0 aromatic carbocycles. The third-order valence-electron chi connectivity index (χ3n) is 0.857. The lowest BCUT2D eigenvalue weighted by Gasteiger charge is -1.80. The van der Waals surface area contributed by atoms with Gasteiger partial charge in [0.15, 0.2) is 0 Å². The van der Waals surface area contributed by atoms with Crippen LogP contribution in [0.2, 0.25) is 0 Å². The van der Waals surface area contributed by atoms with Crippen molar-refractivity contribution in [3.8, 4) is 0 Å². The number of rotatable bonds is 1. The first-order chi connectivity index (χ1) is 4.33. The molecule has 1 heterocycles. The van der Waals surface area contributed by atoms with E-state index in [1.54, 1.807) is 18.3 Å². The largest absolute Gasteiger partial charge is 0.372 e. The van der Waals surface area contributed by atoms with Crippen molar-refractivity contribution in [3.63, 3.8) is 0 Å². The molecular formula is C5H4BrN2O+. The first-order valence-corrected chi connectivity index (χ1v) is 3.13. The van der Waals surface area contributed by atoms with Gasteiger partial charge in [-0.05, 0) is 26.9 Å². The summed E-state index contributed by atoms with van der Waals surface area (Å²) in [5, 5.41) is 2.69. The van der Waals surface area contributed by atoms with Gasteiger partial charge in [0.05, 0.1) is 4.47 Å². The fourth-order valence-corrected chi connectivity index (χ4v) is 0.701. The maximum absolute atomic E-state index is 9.82. The first-order valence-electron chi connectivity index (χ1n) is 2.33. The SMILES string of the molecule is O=Nc1ccc(Br)c[nH+]1. The molecule has 0 aliphatic heterocycles. The Kier molecular flexibility index (Phi) is 1.89. The average Bonchev–Trinajstić information content (AvgIpc) is 1.90. The van der Waals surface area contributed by atoms with Crippen LogP contribution >= 0.6 is 15.9 Å². The van der Waals surface area contributed by atoms with Gasteiger partial charge in [-0.15, -0.1) is 0 Å². The molecule has 0 saturated carbocycles. The number of aromatic nitrogens is 1. The summed E-state index contributed by atoms with van der Waals surface area (Å²) in [4.78, 5) is 12.5. The third kappa shape index (κ3) is 1.57. The van der Waals surface area contributed by atoms with Gasteiger partial charge in [-0.2, -0.15) is 0 Å². The molecule has 0 atom stereocenters. The van der Waals surface area contributed by atoms with Gasteiger partial charge < -0.3 is 0 Å². The highest BCUT2D eigenvalue weighted by Crippen LogP contribution is 2.07. The van der Waals surface area contributed by atoms with Gasteiger partial charge in [0.2, 0.25) is 5.18 Å². The van der Waals surface area contributed by atoms with Crippen molar-refractivity contribution >= 4 is 21.7 Å². The molecule has 0 bridgehead atoms. The molecule has 0 saturated heterocycles. The van der Waals surface area contributed by atoms with Crippen molar-refractivity contribution < 1.29 is 4.98 Å². The number of hydrogen-bond donors (Lipinski definition) is 0. The molecule has 3 nitrogen and oxygen atoms in total. The van der Waals surface area contributed by atoms with Gasteiger partial charge in [0, 0.05) is 6.07 Å². The van der Waals surface area contributed by atoms with Crippen LogP contribution in [-0.4, -0.2) is 0 Å². The normalized spacial score (nSPS) is 9.00. The molecule has 0 aliphatic carbocycles. The number of halogens is 1. The molecule has 1 aromatic heterocycles. The number of nitrogens with zero attached hydrogens (tertiary/aromatic N) is 1. The van der Waals surface area contributed by atoms with E-state index in [0.29, 0.717) is 5.82 Å². The van der Waals surface area contributed by atoms with Crippen molar-refractivity contribution in [3.05, 3.63) is 27.7 Å². The van der Waals surface area contributed by atoms with Crippen LogP contribution in [0.1, 0.15) is 0 Å². The van der Waals surface area contributed by atoms with Crippen LogP contribution in [0.3, 0.4) is 0 Å². The molecular weight excluding hydrogens is 184 g/mol. The van der Waals surface area contributed by atoms with Crippen LogP contribution in [0, 0.1) is 4.91 Å². The van der Waals surface area contributed by atoms with E-state index in [0.717, 1.165) is 4.47 Å². The van der Waals surface area contributed by atoms with E-state index in [9.17, 15) is 4.91 Å². The first kappa shape index (κ1) is 6.35. The Morgan fingerprint density at radius 3 is 2.78 bits per heavy atom. The van der Waals surface area contributed by atoms with E-state index >= 15 is 0 Å². The van der Waals surface area contributed by atoms with Crippen LogP contribution in [0.25, 0.3) is 0 Å². The summed E-state index contributed by atoms with van der Waals surface area (Å²) in [6.07, 6.45) is 1.65. The Bertz CT molecular complexity index is 209. The van der Waals surface area contributed by atoms with Crippen molar-refractivity contribution in [1.29, 1.82) is 0 Å². The summed E-state index contributed by atoms with van der Waals surface area (Å²) < 4.78 is 0.898. The number of nitroso groups, excluding NO2 is 1. The molecule has 1 N–H and O–H groups in total. The maximum atomic E-state index is 9.82. The molecule has 4 heteroatoms. The lowest BCUT2D eigenvalue weighted by molar-refractivity contribution is -0.363. The van der Waals surface area contributed by atoms with E-state index in [-0.39, 0.29) is 0 Å². The second kappa shape index (κ2) is 2.68. The maximum Gasteiger partial charge on any atom is 0.372 e. The van der Waals surface area contributed by atoms with Crippen LogP contribution in [0.4, 0.5) is 5.82 Å². The molecule has 0 unspecified atom stereocenters. The molecule has 0 fully saturated rings. The van der Waals surface area contributed by atoms with Crippen molar-refractivity contribution in [2.75, 3.05) is 0 Å². The molecule has 0 amide bonds. The number of hydrogen-bond acceptors (Lipinski definition) is 2. The van der Waals surface area contributed by atoms with Crippen LogP contribution < -0.4 is 4.98 Å². The van der Waals surface area contributed by atoms with Crippen LogP contribution in [0.15, 0.2) is 28.0 Å². The highest BCUT2D eigenvalue weighted by Gasteiger charge is 1.98. The third-order valence-corrected chi connectivity index (χ3v) is 1.35. The summed E-state index contributed by atoms with van der Waals surface area (Å²) in [7, 11) is 0. The smallest absolute Gasteiger partial charge is 0.240 e. The summed E-state index contributed by atoms with van der Waals surface area (Å²) in [6, 6.07) is 3.34. The molecule has 0 spiro atoms. The second-order valence-corrected chi connectivity index (χ2v) is 2.40. The minimum Gasteiger partial charge on any atom is -0.240 e. The number of nitrogens with one attached hydrogen (secondary N) is 1. The summed E-state index contributed by atoms with van der Waals surface area (Å²) in [6.45, 7) is 0. The fraction of sp³-hybridized carbons (Fsp3) is 0. The molecule has 0 radical (unpaired) electrons. The van der Waals surface area contributed by atoms with Crippen molar-refractivity contribution in [1.82, 2.24) is 0 Å². The molecule has 46 valence electrons. The second-order valence-electron chi connectivity index (χ2n) is 1.48. The number of aromatic amines is 1. The van der Waals surface area contributed by atoms with Gasteiger partial charge in [-0.3, -0.25) is 0 Å². The fourth-order valence-electron chi connectivity index (χ4n) is 0.454. The minimum atomic E-state index is 0.332. The predicted octanol–water partition coefficient (Wildman–Crippen LogP) is 1.66. The summed E-state index contributed by atoms with van der Waals surface area (Å²) >= 11 is 3.20. The molecule has 0 aliphatic rings. The van der Waals surface area contributed by atoms with Gasteiger partial charge in [-0.25, -0.2) is 4.98 Å².